The summed E-state index contributed by atoms with van der Waals surface area (Å²) in [6, 6.07) is 8.87. The van der Waals surface area contributed by atoms with Crippen LogP contribution in [0.25, 0.3) is 0 Å². The van der Waals surface area contributed by atoms with Gasteiger partial charge < -0.3 is 14.5 Å². The Labute approximate surface area is 110 Å². The lowest BCUT2D eigenvalue weighted by Crippen LogP contribution is -2.30. The quantitative estimate of drug-likeness (QED) is 0.913. The Morgan fingerprint density at radius 3 is 2.68 bits per heavy atom. The predicted molar refractivity (Wildman–Crippen MR) is 67.5 cm³/mol. The molecule has 0 aliphatic rings. The standard InChI is InChI=1S/C13H15N3O3/c1-3-18-13(17)14-11(10-7-5-4-6-8-10)12-16-15-9(2)19-12/h4-8,11H,3H2,1-2H3,(H,14,17). The molecule has 1 N–H and O–H groups in total. The maximum Gasteiger partial charge on any atom is 0.408 e. The molecule has 19 heavy (non-hydrogen) atoms. The summed E-state index contributed by atoms with van der Waals surface area (Å²) >= 11 is 0. The van der Waals surface area contributed by atoms with Gasteiger partial charge in [-0.1, -0.05) is 30.3 Å². The molecule has 0 radical (unpaired) electrons. The number of nitrogens with one attached hydrogen (secondary N) is 1. The van der Waals surface area contributed by atoms with Gasteiger partial charge in [0.2, 0.25) is 11.8 Å². The Morgan fingerprint density at radius 2 is 2.11 bits per heavy atom. The third kappa shape index (κ3) is 3.31. The summed E-state index contributed by atoms with van der Waals surface area (Å²) < 4.78 is 10.3. The second kappa shape index (κ2) is 5.99. The molecule has 2 aromatic rings. The minimum atomic E-state index is -0.521. The molecule has 1 heterocycles. The maximum absolute atomic E-state index is 11.6. The van der Waals surface area contributed by atoms with Crippen molar-refractivity contribution in [2.45, 2.75) is 19.9 Å². The second-order valence-electron chi connectivity index (χ2n) is 3.87. The Bertz CT molecular complexity index is 539. The number of amides is 1. The molecule has 1 unspecified atom stereocenters. The van der Waals surface area contributed by atoms with Crippen LogP contribution in [-0.2, 0) is 4.74 Å². The van der Waals surface area contributed by atoms with Crippen molar-refractivity contribution in [2.24, 2.45) is 0 Å². The highest BCUT2D eigenvalue weighted by molar-refractivity contribution is 5.68. The van der Waals surface area contributed by atoms with Crippen LogP contribution >= 0.6 is 0 Å². The Morgan fingerprint density at radius 1 is 1.37 bits per heavy atom. The molecular formula is C13H15N3O3. The van der Waals surface area contributed by atoms with Crippen LogP contribution in [-0.4, -0.2) is 22.9 Å². The van der Waals surface area contributed by atoms with E-state index in [1.54, 1.807) is 13.8 Å². The topological polar surface area (TPSA) is 77.2 Å². The lowest BCUT2D eigenvalue weighted by molar-refractivity contribution is 0.148. The summed E-state index contributed by atoms with van der Waals surface area (Å²) in [6.07, 6.45) is -0.521. The van der Waals surface area contributed by atoms with E-state index in [1.165, 1.54) is 0 Å². The fourth-order valence-corrected chi connectivity index (χ4v) is 1.65. The summed E-state index contributed by atoms with van der Waals surface area (Å²) in [7, 11) is 0. The number of rotatable bonds is 4. The van der Waals surface area contributed by atoms with Gasteiger partial charge in [0.1, 0.15) is 6.04 Å². The van der Waals surface area contributed by atoms with Crippen LogP contribution in [0.1, 0.15) is 30.3 Å². The average Bonchev–Trinajstić information content (AvgIpc) is 2.84. The van der Waals surface area contributed by atoms with Crippen LogP contribution in [0.2, 0.25) is 0 Å². The van der Waals surface area contributed by atoms with E-state index in [-0.39, 0.29) is 0 Å². The number of hydrogen-bond donors (Lipinski definition) is 1. The number of carbonyl (C=O) groups excluding carboxylic acids is 1. The van der Waals surface area contributed by atoms with Crippen LogP contribution in [0.15, 0.2) is 34.7 Å². The second-order valence-corrected chi connectivity index (χ2v) is 3.87. The first-order chi connectivity index (χ1) is 9.20. The van der Waals surface area contributed by atoms with Gasteiger partial charge in [-0.25, -0.2) is 4.79 Å². The number of ether oxygens (including phenoxy) is 1. The molecule has 1 amide bonds. The van der Waals surface area contributed by atoms with Gasteiger partial charge in [-0.05, 0) is 12.5 Å². The summed E-state index contributed by atoms with van der Waals surface area (Å²) in [5.41, 5.74) is 0.846. The van der Waals surface area contributed by atoms with Gasteiger partial charge in [-0.15, -0.1) is 10.2 Å². The minimum Gasteiger partial charge on any atom is -0.450 e. The SMILES string of the molecule is CCOC(=O)NC(c1ccccc1)c1nnc(C)o1. The molecule has 6 nitrogen and oxygen atoms in total. The molecule has 100 valence electrons. The van der Waals surface area contributed by atoms with Crippen molar-refractivity contribution >= 4 is 6.09 Å². The van der Waals surface area contributed by atoms with E-state index in [2.05, 4.69) is 15.5 Å². The molecule has 0 fully saturated rings. The van der Waals surface area contributed by atoms with Crippen LogP contribution in [0.3, 0.4) is 0 Å². The number of carbonyl (C=O) groups is 1. The summed E-state index contributed by atoms with van der Waals surface area (Å²) in [5.74, 6) is 0.776. The molecule has 1 aromatic heterocycles. The van der Waals surface area contributed by atoms with E-state index >= 15 is 0 Å². The van der Waals surface area contributed by atoms with Crippen molar-refractivity contribution in [3.8, 4) is 0 Å². The third-order valence-corrected chi connectivity index (χ3v) is 2.46. The van der Waals surface area contributed by atoms with Gasteiger partial charge in [-0.3, -0.25) is 0 Å². The fraction of sp³-hybridized carbons (Fsp3) is 0.308. The first-order valence-corrected chi connectivity index (χ1v) is 5.99. The van der Waals surface area contributed by atoms with E-state index < -0.39 is 12.1 Å². The lowest BCUT2D eigenvalue weighted by Gasteiger charge is -2.15. The number of aryl methyl sites for hydroxylation is 1. The highest BCUT2D eigenvalue weighted by atomic mass is 16.5. The molecule has 6 heteroatoms. The minimum absolute atomic E-state index is 0.302. The number of benzene rings is 1. The van der Waals surface area contributed by atoms with E-state index in [0.29, 0.717) is 18.4 Å². The zero-order valence-electron chi connectivity index (χ0n) is 10.8. The van der Waals surface area contributed by atoms with Crippen molar-refractivity contribution in [3.63, 3.8) is 0 Å². The molecule has 0 bridgehead atoms. The smallest absolute Gasteiger partial charge is 0.408 e. The summed E-state index contributed by atoms with van der Waals surface area (Å²) in [5, 5.41) is 10.4. The number of aromatic nitrogens is 2. The molecule has 2 rings (SSSR count). The van der Waals surface area contributed by atoms with Crippen LogP contribution in [0.5, 0.6) is 0 Å². The normalized spacial score (nSPS) is 11.9. The molecule has 0 aliphatic heterocycles. The van der Waals surface area contributed by atoms with Crippen molar-refractivity contribution in [1.82, 2.24) is 15.5 Å². The molecule has 1 aromatic carbocycles. The molecule has 0 saturated heterocycles. The van der Waals surface area contributed by atoms with Crippen LogP contribution in [0, 0.1) is 6.92 Å². The number of alkyl carbamates (subject to hydrolysis) is 1. The van der Waals surface area contributed by atoms with Crippen molar-refractivity contribution in [2.75, 3.05) is 6.61 Å². The number of nitrogens with zero attached hydrogens (tertiary/aromatic N) is 2. The lowest BCUT2D eigenvalue weighted by atomic mass is 10.1. The fourth-order valence-electron chi connectivity index (χ4n) is 1.65. The van der Waals surface area contributed by atoms with E-state index in [4.69, 9.17) is 9.15 Å². The van der Waals surface area contributed by atoms with Crippen LogP contribution < -0.4 is 5.32 Å². The zero-order chi connectivity index (χ0) is 13.7. The summed E-state index contributed by atoms with van der Waals surface area (Å²) in [6.45, 7) is 3.74. The molecule has 0 aliphatic carbocycles. The Kier molecular flexibility index (Phi) is 4.12. The van der Waals surface area contributed by atoms with Crippen molar-refractivity contribution in [1.29, 1.82) is 0 Å². The molecule has 1 atom stereocenters. The van der Waals surface area contributed by atoms with Gasteiger partial charge in [0.25, 0.3) is 0 Å². The van der Waals surface area contributed by atoms with Gasteiger partial charge in [-0.2, -0.15) is 0 Å². The van der Waals surface area contributed by atoms with Gasteiger partial charge in [0.05, 0.1) is 6.61 Å². The van der Waals surface area contributed by atoms with E-state index in [9.17, 15) is 4.79 Å². The summed E-state index contributed by atoms with van der Waals surface area (Å²) in [4.78, 5) is 11.6. The Balaban J connectivity index is 2.26. The monoisotopic (exact) mass is 261 g/mol. The third-order valence-electron chi connectivity index (χ3n) is 2.46. The van der Waals surface area contributed by atoms with Crippen molar-refractivity contribution in [3.05, 3.63) is 47.7 Å². The van der Waals surface area contributed by atoms with E-state index in [1.807, 2.05) is 30.3 Å². The van der Waals surface area contributed by atoms with Gasteiger partial charge in [0, 0.05) is 6.92 Å². The van der Waals surface area contributed by atoms with Gasteiger partial charge >= 0.3 is 6.09 Å². The van der Waals surface area contributed by atoms with E-state index in [0.717, 1.165) is 5.56 Å². The average molecular weight is 261 g/mol. The van der Waals surface area contributed by atoms with Gasteiger partial charge in [0.15, 0.2) is 0 Å². The maximum atomic E-state index is 11.6. The molecular weight excluding hydrogens is 246 g/mol. The predicted octanol–water partition coefficient (Wildman–Crippen LogP) is 2.21. The number of hydrogen-bond acceptors (Lipinski definition) is 5. The Hall–Kier alpha value is -2.37. The largest absolute Gasteiger partial charge is 0.450 e. The van der Waals surface area contributed by atoms with Crippen LogP contribution in [0.4, 0.5) is 4.79 Å². The first kappa shape index (κ1) is 13.1. The van der Waals surface area contributed by atoms with Crippen molar-refractivity contribution < 1.29 is 13.9 Å². The molecule has 0 saturated carbocycles. The molecule has 0 spiro atoms. The first-order valence-electron chi connectivity index (χ1n) is 5.99. The highest BCUT2D eigenvalue weighted by Crippen LogP contribution is 2.20. The zero-order valence-corrected chi connectivity index (χ0v) is 10.8. The highest BCUT2D eigenvalue weighted by Gasteiger charge is 2.22.